The van der Waals surface area contributed by atoms with Gasteiger partial charge in [-0.3, -0.25) is 4.79 Å². The molecular formula is C15H26N2O. The third kappa shape index (κ3) is 4.01. The zero-order chi connectivity index (χ0) is 13.6. The molecule has 0 bridgehead atoms. The summed E-state index contributed by atoms with van der Waals surface area (Å²) in [5.74, 6) is 0.616. The van der Waals surface area contributed by atoms with Crippen molar-refractivity contribution < 1.29 is 4.79 Å². The predicted octanol–water partition coefficient (Wildman–Crippen LogP) is 3.40. The molecule has 1 unspecified atom stereocenters. The lowest BCUT2D eigenvalue weighted by molar-refractivity contribution is -0.130. The Morgan fingerprint density at radius 1 is 1.22 bits per heavy atom. The van der Waals surface area contributed by atoms with Gasteiger partial charge in [0.1, 0.15) is 5.41 Å². The van der Waals surface area contributed by atoms with Crippen molar-refractivity contribution in [3.05, 3.63) is 0 Å². The van der Waals surface area contributed by atoms with E-state index in [0.717, 1.165) is 44.9 Å². The van der Waals surface area contributed by atoms with Crippen LogP contribution < -0.4 is 5.32 Å². The van der Waals surface area contributed by atoms with Gasteiger partial charge >= 0.3 is 0 Å². The summed E-state index contributed by atoms with van der Waals surface area (Å²) in [5, 5.41) is 12.4. The molecule has 1 aliphatic carbocycles. The molecule has 18 heavy (non-hydrogen) atoms. The fraction of sp³-hybridized carbons (Fsp3) is 0.867. The highest BCUT2D eigenvalue weighted by Crippen LogP contribution is 2.36. The lowest BCUT2D eigenvalue weighted by atomic mass is 9.74. The molecule has 0 aromatic carbocycles. The van der Waals surface area contributed by atoms with Gasteiger partial charge in [-0.05, 0) is 38.5 Å². The minimum absolute atomic E-state index is 0.0408. The topological polar surface area (TPSA) is 52.9 Å². The van der Waals surface area contributed by atoms with Crippen LogP contribution in [-0.4, -0.2) is 11.9 Å². The average Bonchev–Trinajstić information content (AvgIpc) is 2.37. The number of nitriles is 1. The van der Waals surface area contributed by atoms with Crippen LogP contribution in [0.3, 0.4) is 0 Å². The third-order valence-electron chi connectivity index (χ3n) is 3.91. The molecule has 1 rings (SSSR count). The second-order valence-corrected chi connectivity index (χ2v) is 6.10. The maximum atomic E-state index is 12.3. The first-order chi connectivity index (χ1) is 8.50. The quantitative estimate of drug-likeness (QED) is 0.813. The third-order valence-corrected chi connectivity index (χ3v) is 3.91. The van der Waals surface area contributed by atoms with Gasteiger partial charge in [0.25, 0.3) is 0 Å². The number of hydrogen-bond acceptors (Lipinski definition) is 2. The SMILES string of the molecule is CC(C)CCC(C)NC(=O)C1(C#N)CCCCC1. The molecule has 0 spiro atoms. The number of carbonyl (C=O) groups is 1. The Labute approximate surface area is 111 Å². The van der Waals surface area contributed by atoms with E-state index in [9.17, 15) is 10.1 Å². The second-order valence-electron chi connectivity index (χ2n) is 6.10. The molecule has 1 amide bonds. The fourth-order valence-corrected chi connectivity index (χ4v) is 2.56. The molecule has 1 atom stereocenters. The van der Waals surface area contributed by atoms with Crippen LogP contribution in [0.25, 0.3) is 0 Å². The van der Waals surface area contributed by atoms with E-state index in [1.54, 1.807) is 0 Å². The summed E-state index contributed by atoms with van der Waals surface area (Å²) in [6, 6.07) is 2.45. The molecule has 0 saturated heterocycles. The van der Waals surface area contributed by atoms with Crippen molar-refractivity contribution in [3.8, 4) is 6.07 Å². The number of amides is 1. The number of rotatable bonds is 5. The molecule has 0 heterocycles. The molecule has 1 saturated carbocycles. The minimum atomic E-state index is -0.746. The van der Waals surface area contributed by atoms with Gasteiger partial charge in [0.15, 0.2) is 0 Å². The Kier molecular flexibility index (Phi) is 5.65. The summed E-state index contributed by atoms with van der Waals surface area (Å²) in [6.45, 7) is 6.41. The van der Waals surface area contributed by atoms with E-state index in [-0.39, 0.29) is 11.9 Å². The van der Waals surface area contributed by atoms with Crippen molar-refractivity contribution in [1.82, 2.24) is 5.32 Å². The first-order valence-corrected chi connectivity index (χ1v) is 7.22. The second kappa shape index (κ2) is 6.78. The van der Waals surface area contributed by atoms with Crippen LogP contribution in [0.5, 0.6) is 0 Å². The Morgan fingerprint density at radius 2 is 1.83 bits per heavy atom. The van der Waals surface area contributed by atoms with Crippen LogP contribution in [0.4, 0.5) is 0 Å². The zero-order valence-corrected chi connectivity index (χ0v) is 12.0. The van der Waals surface area contributed by atoms with Crippen molar-refractivity contribution >= 4 is 5.91 Å². The number of carbonyl (C=O) groups excluding carboxylic acids is 1. The van der Waals surface area contributed by atoms with Crippen molar-refractivity contribution in [3.63, 3.8) is 0 Å². The maximum absolute atomic E-state index is 12.3. The van der Waals surface area contributed by atoms with Crippen molar-refractivity contribution in [1.29, 1.82) is 5.26 Å². The van der Waals surface area contributed by atoms with Crippen molar-refractivity contribution in [2.45, 2.75) is 71.8 Å². The van der Waals surface area contributed by atoms with Gasteiger partial charge in [-0.15, -0.1) is 0 Å². The molecule has 3 heteroatoms. The highest BCUT2D eigenvalue weighted by atomic mass is 16.2. The molecule has 102 valence electrons. The highest BCUT2D eigenvalue weighted by Gasteiger charge is 2.40. The summed E-state index contributed by atoms with van der Waals surface area (Å²) in [6.07, 6.45) is 6.71. The Balaban J connectivity index is 2.50. The highest BCUT2D eigenvalue weighted by molar-refractivity contribution is 5.85. The predicted molar refractivity (Wildman–Crippen MR) is 72.8 cm³/mol. The van der Waals surface area contributed by atoms with E-state index in [0.29, 0.717) is 5.92 Å². The van der Waals surface area contributed by atoms with Gasteiger partial charge in [-0.1, -0.05) is 33.1 Å². The van der Waals surface area contributed by atoms with Gasteiger partial charge in [0, 0.05) is 6.04 Å². The summed E-state index contributed by atoms with van der Waals surface area (Å²) in [7, 11) is 0. The van der Waals surface area contributed by atoms with Crippen LogP contribution in [0.1, 0.15) is 65.7 Å². The Hall–Kier alpha value is -1.04. The Bertz CT molecular complexity index is 311. The standard InChI is InChI=1S/C15H26N2O/c1-12(2)7-8-13(3)17-14(18)15(11-16)9-5-4-6-10-15/h12-13H,4-10H2,1-3H3,(H,17,18). The van der Waals surface area contributed by atoms with E-state index >= 15 is 0 Å². The summed E-state index contributed by atoms with van der Waals surface area (Å²) < 4.78 is 0. The molecule has 0 aliphatic heterocycles. The minimum Gasteiger partial charge on any atom is -0.352 e. The molecule has 1 fully saturated rings. The van der Waals surface area contributed by atoms with Crippen LogP contribution >= 0.6 is 0 Å². The molecule has 1 aliphatic rings. The van der Waals surface area contributed by atoms with Crippen LogP contribution in [0.2, 0.25) is 0 Å². The molecular weight excluding hydrogens is 224 g/mol. The van der Waals surface area contributed by atoms with Crippen molar-refractivity contribution in [2.75, 3.05) is 0 Å². The normalized spacial score (nSPS) is 20.2. The van der Waals surface area contributed by atoms with E-state index < -0.39 is 5.41 Å². The van der Waals surface area contributed by atoms with Gasteiger partial charge in [0.05, 0.1) is 6.07 Å². The number of hydrogen-bond donors (Lipinski definition) is 1. The van der Waals surface area contributed by atoms with E-state index in [4.69, 9.17) is 0 Å². The largest absolute Gasteiger partial charge is 0.352 e. The van der Waals surface area contributed by atoms with Crippen LogP contribution in [0.15, 0.2) is 0 Å². The molecule has 0 aromatic heterocycles. The summed E-state index contributed by atoms with van der Waals surface area (Å²) >= 11 is 0. The van der Waals surface area contributed by atoms with Crippen molar-refractivity contribution in [2.24, 2.45) is 11.3 Å². The van der Waals surface area contributed by atoms with Gasteiger partial charge < -0.3 is 5.32 Å². The fourth-order valence-electron chi connectivity index (χ4n) is 2.56. The van der Waals surface area contributed by atoms with E-state index in [1.165, 1.54) is 0 Å². The van der Waals surface area contributed by atoms with E-state index in [1.807, 2.05) is 6.92 Å². The maximum Gasteiger partial charge on any atom is 0.240 e. The average molecular weight is 250 g/mol. The first-order valence-electron chi connectivity index (χ1n) is 7.22. The van der Waals surface area contributed by atoms with Gasteiger partial charge in [-0.25, -0.2) is 0 Å². The number of nitrogens with zero attached hydrogens (tertiary/aromatic N) is 1. The Morgan fingerprint density at radius 3 is 2.33 bits per heavy atom. The van der Waals surface area contributed by atoms with Gasteiger partial charge in [0.2, 0.25) is 5.91 Å². The summed E-state index contributed by atoms with van der Waals surface area (Å²) in [4.78, 5) is 12.3. The van der Waals surface area contributed by atoms with Crippen LogP contribution in [-0.2, 0) is 4.79 Å². The molecule has 0 radical (unpaired) electrons. The summed E-state index contributed by atoms with van der Waals surface area (Å²) in [5.41, 5.74) is -0.746. The monoisotopic (exact) mass is 250 g/mol. The first kappa shape index (κ1) is 15.0. The smallest absolute Gasteiger partial charge is 0.240 e. The zero-order valence-electron chi connectivity index (χ0n) is 12.0. The lowest BCUT2D eigenvalue weighted by Crippen LogP contribution is -2.45. The molecule has 0 aromatic rings. The van der Waals surface area contributed by atoms with Gasteiger partial charge in [-0.2, -0.15) is 5.26 Å². The molecule has 1 N–H and O–H groups in total. The number of nitrogens with one attached hydrogen (secondary N) is 1. The molecule has 3 nitrogen and oxygen atoms in total. The van der Waals surface area contributed by atoms with E-state index in [2.05, 4.69) is 25.2 Å². The lowest BCUT2D eigenvalue weighted by Gasteiger charge is -2.30. The van der Waals surface area contributed by atoms with Crippen LogP contribution in [0, 0.1) is 22.7 Å².